The predicted molar refractivity (Wildman–Crippen MR) is 71.6 cm³/mol. The molecule has 0 aromatic heterocycles. The summed E-state index contributed by atoms with van der Waals surface area (Å²) in [4.78, 5) is 2.64. The summed E-state index contributed by atoms with van der Waals surface area (Å²) in [5.74, 6) is 1.03. The van der Waals surface area contributed by atoms with Crippen LogP contribution in [-0.2, 0) is 6.54 Å². The number of anilines is 1. The number of hydrogen-bond acceptors (Lipinski definition) is 2. The predicted octanol–water partition coefficient (Wildman–Crippen LogP) is 3.03. The molecule has 2 saturated carbocycles. The number of benzene rings is 1. The smallest absolute Gasteiger partial charge is 0.0359 e. The highest BCUT2D eigenvalue weighted by Crippen LogP contribution is 2.35. The first-order valence-corrected chi connectivity index (χ1v) is 6.90. The van der Waals surface area contributed by atoms with Crippen molar-refractivity contribution in [2.75, 3.05) is 12.3 Å². The molecule has 0 heterocycles. The third-order valence-corrected chi connectivity index (χ3v) is 4.01. The zero-order valence-corrected chi connectivity index (χ0v) is 10.4. The van der Waals surface area contributed by atoms with E-state index in [0.29, 0.717) is 0 Å². The second-order valence-electron chi connectivity index (χ2n) is 5.63. The molecule has 17 heavy (non-hydrogen) atoms. The molecule has 1 aromatic carbocycles. The zero-order chi connectivity index (χ0) is 11.7. The maximum Gasteiger partial charge on any atom is 0.0359 e. The van der Waals surface area contributed by atoms with Crippen LogP contribution >= 0.6 is 0 Å². The highest BCUT2D eigenvalue weighted by Gasteiger charge is 2.30. The molecule has 0 aliphatic heterocycles. The number of hydrogen-bond donors (Lipinski definition) is 1. The van der Waals surface area contributed by atoms with Crippen LogP contribution in [0.25, 0.3) is 0 Å². The van der Waals surface area contributed by atoms with Crippen molar-refractivity contribution < 1.29 is 0 Å². The van der Waals surface area contributed by atoms with Crippen molar-refractivity contribution in [3.8, 4) is 0 Å². The average molecular weight is 230 g/mol. The number of nitrogens with zero attached hydrogens (tertiary/aromatic N) is 1. The van der Waals surface area contributed by atoms with Crippen molar-refractivity contribution >= 4 is 5.69 Å². The van der Waals surface area contributed by atoms with Gasteiger partial charge < -0.3 is 5.73 Å². The van der Waals surface area contributed by atoms with E-state index in [1.165, 1.54) is 44.2 Å². The van der Waals surface area contributed by atoms with E-state index >= 15 is 0 Å². The second-order valence-corrected chi connectivity index (χ2v) is 5.63. The van der Waals surface area contributed by atoms with Crippen LogP contribution < -0.4 is 5.73 Å². The molecule has 1 aromatic rings. The standard InChI is InChI=1S/C15H22N2/c16-15-4-2-1-3-13(15)11-17(14-7-8-14)10-9-12-5-6-12/h1-4,12,14H,5-11,16H2. The molecule has 2 N–H and O–H groups in total. The highest BCUT2D eigenvalue weighted by molar-refractivity contribution is 5.46. The largest absolute Gasteiger partial charge is 0.398 e. The molecule has 0 spiro atoms. The van der Waals surface area contributed by atoms with Gasteiger partial charge in [0.1, 0.15) is 0 Å². The van der Waals surface area contributed by atoms with Crippen molar-refractivity contribution in [3.05, 3.63) is 29.8 Å². The van der Waals surface area contributed by atoms with E-state index in [1.807, 2.05) is 12.1 Å². The summed E-state index contributed by atoms with van der Waals surface area (Å²) in [6, 6.07) is 9.14. The molecule has 3 rings (SSSR count). The van der Waals surface area contributed by atoms with Gasteiger partial charge in [-0.2, -0.15) is 0 Å². The van der Waals surface area contributed by atoms with Gasteiger partial charge in [-0.25, -0.2) is 0 Å². The first-order valence-electron chi connectivity index (χ1n) is 6.90. The van der Waals surface area contributed by atoms with Crippen molar-refractivity contribution in [2.45, 2.75) is 44.7 Å². The van der Waals surface area contributed by atoms with Crippen molar-refractivity contribution in [1.29, 1.82) is 0 Å². The lowest BCUT2D eigenvalue weighted by Gasteiger charge is -2.22. The fraction of sp³-hybridized carbons (Fsp3) is 0.600. The minimum absolute atomic E-state index is 0.841. The van der Waals surface area contributed by atoms with E-state index in [-0.39, 0.29) is 0 Å². The summed E-state index contributed by atoms with van der Waals surface area (Å²) >= 11 is 0. The number of nitrogens with two attached hydrogens (primary N) is 1. The maximum atomic E-state index is 6.03. The summed E-state index contributed by atoms with van der Waals surface area (Å²) in [6.07, 6.45) is 7.09. The molecule has 0 unspecified atom stereocenters. The molecule has 0 bridgehead atoms. The Morgan fingerprint density at radius 1 is 1.12 bits per heavy atom. The summed E-state index contributed by atoms with van der Waals surface area (Å²) in [6.45, 7) is 2.31. The van der Waals surface area contributed by atoms with Gasteiger partial charge >= 0.3 is 0 Å². The summed E-state index contributed by atoms with van der Waals surface area (Å²) in [5, 5.41) is 0. The minimum Gasteiger partial charge on any atom is -0.398 e. The molecule has 2 aliphatic carbocycles. The van der Waals surface area contributed by atoms with Crippen LogP contribution in [-0.4, -0.2) is 17.5 Å². The van der Waals surface area contributed by atoms with E-state index in [0.717, 1.165) is 24.2 Å². The molecule has 2 nitrogen and oxygen atoms in total. The second kappa shape index (κ2) is 4.69. The SMILES string of the molecule is Nc1ccccc1CN(CCC1CC1)C1CC1. The van der Waals surface area contributed by atoms with Gasteiger partial charge in [-0.05, 0) is 43.4 Å². The molecule has 2 fully saturated rings. The van der Waals surface area contributed by atoms with Gasteiger partial charge in [0.05, 0.1) is 0 Å². The van der Waals surface area contributed by atoms with Crippen LogP contribution in [0.5, 0.6) is 0 Å². The third-order valence-electron chi connectivity index (χ3n) is 4.01. The van der Waals surface area contributed by atoms with Crippen LogP contribution in [0.1, 0.15) is 37.7 Å². The van der Waals surface area contributed by atoms with Crippen LogP contribution in [0, 0.1) is 5.92 Å². The van der Waals surface area contributed by atoms with Gasteiger partial charge in [0, 0.05) is 18.3 Å². The zero-order valence-electron chi connectivity index (χ0n) is 10.4. The van der Waals surface area contributed by atoms with Crippen molar-refractivity contribution in [1.82, 2.24) is 4.90 Å². The van der Waals surface area contributed by atoms with Gasteiger partial charge in [0.15, 0.2) is 0 Å². The topological polar surface area (TPSA) is 29.3 Å². The van der Waals surface area contributed by atoms with Crippen LogP contribution in [0.4, 0.5) is 5.69 Å². The summed E-state index contributed by atoms with van der Waals surface area (Å²) in [7, 11) is 0. The minimum atomic E-state index is 0.841. The van der Waals surface area contributed by atoms with Gasteiger partial charge in [0.2, 0.25) is 0 Å². The molecule has 0 atom stereocenters. The molecule has 92 valence electrons. The number of para-hydroxylation sites is 1. The highest BCUT2D eigenvalue weighted by atomic mass is 15.2. The van der Waals surface area contributed by atoms with E-state index in [4.69, 9.17) is 5.73 Å². The Hall–Kier alpha value is -1.02. The normalized spacial score (nSPS) is 19.8. The average Bonchev–Trinajstić information content (AvgIpc) is 3.18. The van der Waals surface area contributed by atoms with Gasteiger partial charge in [-0.15, -0.1) is 0 Å². The first kappa shape index (κ1) is 11.1. The van der Waals surface area contributed by atoms with Crippen LogP contribution in [0.15, 0.2) is 24.3 Å². The van der Waals surface area contributed by atoms with Crippen molar-refractivity contribution in [3.63, 3.8) is 0 Å². The van der Waals surface area contributed by atoms with E-state index in [1.54, 1.807) is 0 Å². The van der Waals surface area contributed by atoms with Gasteiger partial charge in [0.25, 0.3) is 0 Å². The lowest BCUT2D eigenvalue weighted by atomic mass is 10.1. The summed E-state index contributed by atoms with van der Waals surface area (Å²) < 4.78 is 0. The Morgan fingerprint density at radius 3 is 2.53 bits per heavy atom. The Balaban J connectivity index is 1.60. The van der Waals surface area contributed by atoms with Gasteiger partial charge in [-0.3, -0.25) is 4.90 Å². The number of rotatable bonds is 6. The van der Waals surface area contributed by atoms with Crippen LogP contribution in [0.2, 0.25) is 0 Å². The lowest BCUT2D eigenvalue weighted by molar-refractivity contribution is 0.247. The Labute approximate surface area is 104 Å². The van der Waals surface area contributed by atoms with Crippen molar-refractivity contribution in [2.24, 2.45) is 5.92 Å². The maximum absolute atomic E-state index is 6.03. The van der Waals surface area contributed by atoms with E-state index < -0.39 is 0 Å². The van der Waals surface area contributed by atoms with Crippen LogP contribution in [0.3, 0.4) is 0 Å². The molecule has 0 saturated heterocycles. The van der Waals surface area contributed by atoms with E-state index in [9.17, 15) is 0 Å². The molecule has 0 radical (unpaired) electrons. The number of nitrogen functional groups attached to an aromatic ring is 1. The fourth-order valence-electron chi connectivity index (χ4n) is 2.48. The summed E-state index contributed by atoms with van der Waals surface area (Å²) in [5.41, 5.74) is 8.28. The fourth-order valence-corrected chi connectivity index (χ4v) is 2.48. The Bertz CT molecular complexity index is 380. The monoisotopic (exact) mass is 230 g/mol. The molecular weight excluding hydrogens is 208 g/mol. The Kier molecular flexibility index (Phi) is 3.06. The quantitative estimate of drug-likeness (QED) is 0.761. The molecule has 0 amide bonds. The third kappa shape index (κ3) is 3.01. The first-order chi connectivity index (χ1) is 8.33. The molecular formula is C15H22N2. The molecule has 2 aliphatic rings. The molecule has 2 heteroatoms. The lowest BCUT2D eigenvalue weighted by Crippen LogP contribution is -2.27. The van der Waals surface area contributed by atoms with E-state index in [2.05, 4.69) is 17.0 Å². The van der Waals surface area contributed by atoms with Gasteiger partial charge in [-0.1, -0.05) is 31.0 Å². The Morgan fingerprint density at radius 2 is 1.88 bits per heavy atom.